The van der Waals surface area contributed by atoms with Crippen LogP contribution in [0.1, 0.15) is 19.6 Å². The first-order valence-electron chi connectivity index (χ1n) is 9.35. The van der Waals surface area contributed by atoms with Crippen LogP contribution >= 0.6 is 0 Å². The van der Waals surface area contributed by atoms with Crippen molar-refractivity contribution in [1.82, 2.24) is 20.4 Å². The molecule has 3 N–H and O–H groups in total. The number of amides is 2. The van der Waals surface area contributed by atoms with Crippen LogP contribution in [0.25, 0.3) is 11.5 Å². The van der Waals surface area contributed by atoms with E-state index in [1.165, 1.54) is 35.2 Å². The van der Waals surface area contributed by atoms with E-state index in [4.69, 9.17) is 9.15 Å². The molecule has 2 atom stereocenters. The highest BCUT2D eigenvalue weighted by molar-refractivity contribution is 5.91. The van der Waals surface area contributed by atoms with Crippen molar-refractivity contribution in [1.29, 1.82) is 0 Å². The second kappa shape index (κ2) is 8.37. The summed E-state index contributed by atoms with van der Waals surface area (Å²) in [6.07, 6.45) is 1.22. The largest absolute Gasteiger partial charge is 0.484 e. The van der Waals surface area contributed by atoms with Gasteiger partial charge in [0.05, 0.1) is 6.26 Å². The summed E-state index contributed by atoms with van der Waals surface area (Å²) >= 11 is 0. The molecular weight excluding hydrogens is 393 g/mol. The highest BCUT2D eigenvalue weighted by atomic mass is 19.1. The molecule has 10 heteroatoms. The number of ether oxygens (including phenoxy) is 1. The number of carbonyl (C=O) groups is 2. The molecule has 1 aliphatic heterocycles. The summed E-state index contributed by atoms with van der Waals surface area (Å²) in [6.45, 7) is 1.60. The van der Waals surface area contributed by atoms with Crippen LogP contribution in [-0.4, -0.2) is 34.2 Å². The molecule has 1 aliphatic rings. The van der Waals surface area contributed by atoms with Gasteiger partial charge >= 0.3 is 0 Å². The number of anilines is 1. The topological polar surface area (TPSA) is 110 Å². The van der Waals surface area contributed by atoms with Gasteiger partial charge in [-0.1, -0.05) is 0 Å². The first-order valence-corrected chi connectivity index (χ1v) is 9.35. The molecule has 0 bridgehead atoms. The van der Waals surface area contributed by atoms with Crippen molar-refractivity contribution in [3.05, 3.63) is 54.5 Å². The summed E-state index contributed by atoms with van der Waals surface area (Å²) in [4.78, 5) is 24.4. The fraction of sp³-hybridized carbons (Fsp3) is 0.250. The monoisotopic (exact) mass is 413 g/mol. The molecule has 2 aromatic heterocycles. The number of aromatic nitrogens is 2. The zero-order chi connectivity index (χ0) is 21.1. The predicted molar refractivity (Wildman–Crippen MR) is 105 cm³/mol. The number of rotatable bonds is 6. The standard InChI is InChI=1S/C20H20FN5O4/c1-12-9-18(27)24-20(22-12)26-17(10-15(25-26)16-3-2-8-29-16)23-19(28)11-30-14-6-4-13(21)5-7-14/h2-8,10,12,20,22H,9,11H2,1H3,(H,23,28)(H,24,27). The van der Waals surface area contributed by atoms with Crippen LogP contribution < -0.4 is 20.7 Å². The van der Waals surface area contributed by atoms with Gasteiger partial charge in [0.1, 0.15) is 23.1 Å². The average Bonchev–Trinajstić information content (AvgIpc) is 3.37. The van der Waals surface area contributed by atoms with Gasteiger partial charge in [0, 0.05) is 18.5 Å². The maximum atomic E-state index is 13.0. The minimum absolute atomic E-state index is 0.0645. The number of halogens is 1. The maximum absolute atomic E-state index is 13.0. The summed E-state index contributed by atoms with van der Waals surface area (Å²) in [7, 11) is 0. The van der Waals surface area contributed by atoms with Crippen molar-refractivity contribution in [3.8, 4) is 17.2 Å². The van der Waals surface area contributed by atoms with E-state index in [1.807, 2.05) is 6.92 Å². The first-order chi connectivity index (χ1) is 14.5. The van der Waals surface area contributed by atoms with E-state index in [0.717, 1.165) is 0 Å². The molecule has 9 nitrogen and oxygen atoms in total. The Bertz CT molecular complexity index is 1030. The maximum Gasteiger partial charge on any atom is 0.263 e. The van der Waals surface area contributed by atoms with E-state index in [0.29, 0.717) is 29.4 Å². The van der Waals surface area contributed by atoms with Gasteiger partial charge in [-0.15, -0.1) is 0 Å². The van der Waals surface area contributed by atoms with Gasteiger partial charge in [0.25, 0.3) is 5.91 Å². The molecule has 0 spiro atoms. The van der Waals surface area contributed by atoms with Gasteiger partial charge in [-0.05, 0) is 43.3 Å². The minimum atomic E-state index is -0.640. The van der Waals surface area contributed by atoms with Crippen LogP contribution in [0.3, 0.4) is 0 Å². The van der Waals surface area contributed by atoms with Gasteiger partial charge in [-0.25, -0.2) is 9.07 Å². The van der Waals surface area contributed by atoms with Crippen LogP contribution in [-0.2, 0) is 9.59 Å². The Balaban J connectivity index is 1.52. The van der Waals surface area contributed by atoms with Gasteiger partial charge in [-0.2, -0.15) is 5.10 Å². The molecule has 1 saturated heterocycles. The lowest BCUT2D eigenvalue weighted by atomic mass is 10.2. The first kappa shape index (κ1) is 19.6. The quantitative estimate of drug-likeness (QED) is 0.572. The summed E-state index contributed by atoms with van der Waals surface area (Å²) < 4.78 is 25.2. The summed E-state index contributed by atoms with van der Waals surface area (Å²) in [6, 6.07) is 10.4. The number of carbonyl (C=O) groups excluding carboxylic acids is 2. The van der Waals surface area contributed by atoms with Crippen LogP contribution in [0.2, 0.25) is 0 Å². The third-order valence-electron chi connectivity index (χ3n) is 4.44. The van der Waals surface area contributed by atoms with Crippen LogP contribution in [0.15, 0.2) is 53.1 Å². The lowest BCUT2D eigenvalue weighted by Crippen LogP contribution is -2.52. The van der Waals surface area contributed by atoms with E-state index in [2.05, 4.69) is 21.0 Å². The molecule has 156 valence electrons. The summed E-state index contributed by atoms with van der Waals surface area (Å²) in [5.74, 6) is 0.270. The SMILES string of the molecule is CC1CC(=O)NC(n2nc(-c3ccco3)cc2NC(=O)COc2ccc(F)cc2)N1. The van der Waals surface area contributed by atoms with Gasteiger partial charge < -0.3 is 19.8 Å². The highest BCUT2D eigenvalue weighted by Crippen LogP contribution is 2.25. The molecule has 3 aromatic rings. The van der Waals surface area contributed by atoms with Crippen molar-refractivity contribution >= 4 is 17.6 Å². The Morgan fingerprint density at radius 2 is 2.17 bits per heavy atom. The lowest BCUT2D eigenvalue weighted by molar-refractivity contribution is -0.125. The van der Waals surface area contributed by atoms with Crippen LogP contribution in [0, 0.1) is 5.82 Å². The average molecular weight is 413 g/mol. The second-order valence-electron chi connectivity index (χ2n) is 6.87. The van der Waals surface area contributed by atoms with E-state index in [1.54, 1.807) is 18.2 Å². The van der Waals surface area contributed by atoms with Gasteiger partial charge in [0.2, 0.25) is 5.91 Å². The molecule has 1 aromatic carbocycles. The summed E-state index contributed by atoms with van der Waals surface area (Å²) in [5.41, 5.74) is 0.490. The van der Waals surface area contributed by atoms with Crippen molar-refractivity contribution < 1.29 is 23.1 Å². The smallest absolute Gasteiger partial charge is 0.263 e. The Morgan fingerprint density at radius 1 is 1.37 bits per heavy atom. The van der Waals surface area contributed by atoms with Crippen molar-refractivity contribution in [2.75, 3.05) is 11.9 Å². The zero-order valence-electron chi connectivity index (χ0n) is 16.1. The Morgan fingerprint density at radius 3 is 2.87 bits per heavy atom. The molecule has 0 aliphatic carbocycles. The molecule has 4 rings (SSSR count). The molecule has 30 heavy (non-hydrogen) atoms. The summed E-state index contributed by atoms with van der Waals surface area (Å²) in [5, 5.41) is 13.2. The molecule has 2 amide bonds. The van der Waals surface area contributed by atoms with Crippen LogP contribution in [0.5, 0.6) is 5.75 Å². The Hall–Kier alpha value is -3.66. The van der Waals surface area contributed by atoms with Gasteiger partial charge in [0.15, 0.2) is 18.7 Å². The fourth-order valence-corrected chi connectivity index (χ4v) is 3.08. The highest BCUT2D eigenvalue weighted by Gasteiger charge is 2.27. The number of hydrogen-bond acceptors (Lipinski definition) is 6. The zero-order valence-corrected chi connectivity index (χ0v) is 16.1. The van der Waals surface area contributed by atoms with Gasteiger partial charge in [-0.3, -0.25) is 14.9 Å². The molecular formula is C20H20FN5O4. The van der Waals surface area contributed by atoms with E-state index in [9.17, 15) is 14.0 Å². The molecule has 2 unspecified atom stereocenters. The molecule has 0 saturated carbocycles. The molecule has 1 fully saturated rings. The number of benzene rings is 1. The molecule has 0 radical (unpaired) electrons. The van der Waals surface area contributed by atoms with E-state index >= 15 is 0 Å². The van der Waals surface area contributed by atoms with E-state index in [-0.39, 0.29) is 18.6 Å². The molecule has 3 heterocycles. The van der Waals surface area contributed by atoms with Crippen molar-refractivity contribution in [2.24, 2.45) is 0 Å². The van der Waals surface area contributed by atoms with E-state index < -0.39 is 18.0 Å². The van der Waals surface area contributed by atoms with Crippen molar-refractivity contribution in [3.63, 3.8) is 0 Å². The van der Waals surface area contributed by atoms with Crippen LogP contribution in [0.4, 0.5) is 10.2 Å². The Kier molecular flexibility index (Phi) is 5.48. The third-order valence-corrected chi connectivity index (χ3v) is 4.44. The number of hydrogen-bond donors (Lipinski definition) is 3. The van der Waals surface area contributed by atoms with Crippen molar-refractivity contribution in [2.45, 2.75) is 25.7 Å². The fourth-order valence-electron chi connectivity index (χ4n) is 3.08. The normalized spacial score (nSPS) is 18.7. The number of nitrogens with one attached hydrogen (secondary N) is 3. The Labute approximate surface area is 171 Å². The number of furan rings is 1. The minimum Gasteiger partial charge on any atom is -0.484 e. The second-order valence-corrected chi connectivity index (χ2v) is 6.87. The number of nitrogens with zero attached hydrogens (tertiary/aromatic N) is 2. The lowest BCUT2D eigenvalue weighted by Gasteiger charge is -2.30. The predicted octanol–water partition coefficient (Wildman–Crippen LogP) is 2.25. The third kappa shape index (κ3) is 4.49.